The molecule has 0 aliphatic carbocycles. The second-order valence-corrected chi connectivity index (χ2v) is 7.24. The first-order valence-electron chi connectivity index (χ1n) is 7.81. The van der Waals surface area contributed by atoms with Gasteiger partial charge in [0.25, 0.3) is 0 Å². The van der Waals surface area contributed by atoms with Crippen molar-refractivity contribution in [3.05, 3.63) is 47.0 Å². The molecule has 116 valence electrons. The monoisotopic (exact) mass is 315 g/mol. The van der Waals surface area contributed by atoms with Crippen molar-refractivity contribution in [2.24, 2.45) is 11.8 Å². The average Bonchev–Trinajstić information content (AvgIpc) is 3.21. The lowest BCUT2D eigenvalue weighted by Gasteiger charge is -2.26. The molecule has 2 aromatic rings. The molecule has 0 amide bonds. The lowest BCUT2D eigenvalue weighted by Crippen LogP contribution is -2.29. The Morgan fingerprint density at radius 1 is 1.23 bits per heavy atom. The molecule has 1 aromatic carbocycles. The summed E-state index contributed by atoms with van der Waals surface area (Å²) in [6.45, 7) is 3.33. The number of aliphatic hydroxyl groups excluding tert-OH is 1. The summed E-state index contributed by atoms with van der Waals surface area (Å²) in [6.07, 6.45) is 0. The zero-order valence-corrected chi connectivity index (χ0v) is 13.5. The van der Waals surface area contributed by atoms with Crippen molar-refractivity contribution >= 4 is 16.5 Å². The van der Waals surface area contributed by atoms with E-state index in [1.54, 1.807) is 11.3 Å². The van der Waals surface area contributed by atoms with Gasteiger partial charge in [0.15, 0.2) is 5.13 Å². The molecule has 1 N–H and O–H groups in total. The zero-order chi connectivity index (χ0) is 15.1. The third-order valence-electron chi connectivity index (χ3n) is 5.01. The van der Waals surface area contributed by atoms with Gasteiger partial charge < -0.3 is 10.0 Å². The Hall–Kier alpha value is -1.43. The highest BCUT2D eigenvalue weighted by atomic mass is 32.1. The maximum Gasteiger partial charge on any atom is 0.185 e. The fourth-order valence-electron chi connectivity index (χ4n) is 4.08. The van der Waals surface area contributed by atoms with Gasteiger partial charge in [0.05, 0.1) is 12.3 Å². The SMILES string of the molecule is CN1C[C@H]2CN(c3nc(CO)cs3)C[C@H]2[C@@H]1c1ccccc1. The Labute approximate surface area is 135 Å². The second-order valence-electron chi connectivity index (χ2n) is 6.40. The molecular formula is C17H21N3OS. The molecule has 4 rings (SSSR count). The number of anilines is 1. The van der Waals surface area contributed by atoms with Crippen molar-refractivity contribution in [2.75, 3.05) is 31.6 Å². The number of nitrogens with zero attached hydrogens (tertiary/aromatic N) is 3. The Kier molecular flexibility index (Phi) is 3.64. The first-order chi connectivity index (χ1) is 10.8. The molecule has 0 bridgehead atoms. The maximum atomic E-state index is 9.20. The van der Waals surface area contributed by atoms with E-state index in [2.05, 4.69) is 52.2 Å². The van der Waals surface area contributed by atoms with Crippen molar-refractivity contribution in [1.29, 1.82) is 0 Å². The predicted octanol–water partition coefficient (Wildman–Crippen LogP) is 2.37. The molecule has 2 fully saturated rings. The minimum atomic E-state index is 0.0343. The van der Waals surface area contributed by atoms with E-state index in [0.717, 1.165) is 30.5 Å². The summed E-state index contributed by atoms with van der Waals surface area (Å²) in [6, 6.07) is 11.4. The first-order valence-corrected chi connectivity index (χ1v) is 8.69. The van der Waals surface area contributed by atoms with Crippen molar-refractivity contribution in [2.45, 2.75) is 12.6 Å². The molecule has 0 saturated carbocycles. The molecule has 5 heteroatoms. The van der Waals surface area contributed by atoms with Crippen LogP contribution in [-0.4, -0.2) is 41.7 Å². The van der Waals surface area contributed by atoms with Gasteiger partial charge in [0.2, 0.25) is 0 Å². The Bertz CT molecular complexity index is 644. The largest absolute Gasteiger partial charge is 0.390 e. The van der Waals surface area contributed by atoms with Crippen LogP contribution in [0.5, 0.6) is 0 Å². The van der Waals surface area contributed by atoms with Crippen LogP contribution in [0.15, 0.2) is 35.7 Å². The summed E-state index contributed by atoms with van der Waals surface area (Å²) in [5.41, 5.74) is 2.21. The molecule has 2 aliphatic heterocycles. The molecule has 0 spiro atoms. The highest BCUT2D eigenvalue weighted by Gasteiger charge is 2.46. The number of hydrogen-bond acceptors (Lipinski definition) is 5. The average molecular weight is 315 g/mol. The number of hydrogen-bond donors (Lipinski definition) is 1. The molecule has 0 radical (unpaired) electrons. The maximum absolute atomic E-state index is 9.20. The van der Waals surface area contributed by atoms with Gasteiger partial charge in [-0.3, -0.25) is 4.90 Å². The molecule has 22 heavy (non-hydrogen) atoms. The summed E-state index contributed by atoms with van der Waals surface area (Å²) in [7, 11) is 2.24. The van der Waals surface area contributed by atoms with E-state index in [1.165, 1.54) is 5.56 Å². The number of thiazole rings is 1. The molecule has 2 aliphatic rings. The van der Waals surface area contributed by atoms with Crippen LogP contribution in [0.4, 0.5) is 5.13 Å². The van der Waals surface area contributed by atoms with E-state index in [1.807, 2.05) is 5.38 Å². The summed E-state index contributed by atoms with van der Waals surface area (Å²) in [5, 5.41) is 12.2. The lowest BCUT2D eigenvalue weighted by molar-refractivity contribution is 0.277. The number of fused-ring (bicyclic) bond motifs is 1. The van der Waals surface area contributed by atoms with Crippen molar-refractivity contribution in [3.63, 3.8) is 0 Å². The van der Waals surface area contributed by atoms with Gasteiger partial charge in [-0.1, -0.05) is 30.3 Å². The fraction of sp³-hybridized carbons (Fsp3) is 0.471. The van der Waals surface area contributed by atoms with Crippen molar-refractivity contribution in [3.8, 4) is 0 Å². The highest BCUT2D eigenvalue weighted by Crippen LogP contribution is 2.45. The Morgan fingerprint density at radius 3 is 2.77 bits per heavy atom. The standard InChI is InChI=1S/C17H21N3OS/c1-19-7-13-8-20(17-18-14(10-21)11-22-17)9-15(13)16(19)12-5-3-2-4-6-12/h2-6,11,13,15-16,21H,7-10H2,1H3/t13-,15+,16-/m0/s1. The van der Waals surface area contributed by atoms with Gasteiger partial charge in [-0.15, -0.1) is 11.3 Å². The van der Waals surface area contributed by atoms with Crippen LogP contribution >= 0.6 is 11.3 Å². The number of aliphatic hydroxyl groups is 1. The quantitative estimate of drug-likeness (QED) is 0.944. The zero-order valence-electron chi connectivity index (χ0n) is 12.7. The minimum absolute atomic E-state index is 0.0343. The van der Waals surface area contributed by atoms with Crippen LogP contribution in [-0.2, 0) is 6.61 Å². The van der Waals surface area contributed by atoms with E-state index in [9.17, 15) is 5.11 Å². The number of likely N-dealkylation sites (tertiary alicyclic amines) is 1. The van der Waals surface area contributed by atoms with Crippen LogP contribution in [0.25, 0.3) is 0 Å². The molecule has 3 heterocycles. The molecular weight excluding hydrogens is 294 g/mol. The molecule has 1 aromatic heterocycles. The summed E-state index contributed by atoms with van der Waals surface area (Å²) in [4.78, 5) is 9.44. The van der Waals surface area contributed by atoms with Gasteiger partial charge in [-0.25, -0.2) is 4.98 Å². The van der Waals surface area contributed by atoms with Gasteiger partial charge >= 0.3 is 0 Å². The third-order valence-corrected chi connectivity index (χ3v) is 5.96. The fourth-order valence-corrected chi connectivity index (χ4v) is 4.92. The smallest absolute Gasteiger partial charge is 0.185 e. The van der Waals surface area contributed by atoms with Gasteiger partial charge in [-0.05, 0) is 18.5 Å². The highest BCUT2D eigenvalue weighted by molar-refractivity contribution is 7.13. The number of rotatable bonds is 3. The molecule has 3 atom stereocenters. The normalized spacial score (nSPS) is 28.3. The van der Waals surface area contributed by atoms with Crippen LogP contribution in [0.1, 0.15) is 17.3 Å². The van der Waals surface area contributed by atoms with Gasteiger partial charge in [0, 0.05) is 37.0 Å². The lowest BCUT2D eigenvalue weighted by atomic mass is 9.90. The van der Waals surface area contributed by atoms with E-state index < -0.39 is 0 Å². The number of aromatic nitrogens is 1. The van der Waals surface area contributed by atoms with Crippen molar-refractivity contribution in [1.82, 2.24) is 9.88 Å². The van der Waals surface area contributed by atoms with Gasteiger partial charge in [0.1, 0.15) is 0 Å². The summed E-state index contributed by atoms with van der Waals surface area (Å²) in [5.74, 6) is 1.37. The second kappa shape index (κ2) is 5.65. The Morgan fingerprint density at radius 2 is 2.05 bits per heavy atom. The number of benzene rings is 1. The molecule has 2 saturated heterocycles. The van der Waals surface area contributed by atoms with Gasteiger partial charge in [-0.2, -0.15) is 0 Å². The van der Waals surface area contributed by atoms with Crippen LogP contribution in [0.3, 0.4) is 0 Å². The molecule has 4 nitrogen and oxygen atoms in total. The molecule has 0 unspecified atom stereocenters. The van der Waals surface area contributed by atoms with Crippen LogP contribution in [0.2, 0.25) is 0 Å². The minimum Gasteiger partial charge on any atom is -0.390 e. The van der Waals surface area contributed by atoms with E-state index in [-0.39, 0.29) is 6.61 Å². The van der Waals surface area contributed by atoms with Crippen molar-refractivity contribution < 1.29 is 5.11 Å². The Balaban J connectivity index is 1.56. The third kappa shape index (κ3) is 2.33. The van der Waals surface area contributed by atoms with E-state index in [0.29, 0.717) is 17.9 Å². The topological polar surface area (TPSA) is 39.6 Å². The van der Waals surface area contributed by atoms with E-state index >= 15 is 0 Å². The summed E-state index contributed by atoms with van der Waals surface area (Å²) >= 11 is 1.65. The first kappa shape index (κ1) is 14.2. The van der Waals surface area contributed by atoms with Crippen LogP contribution < -0.4 is 4.90 Å². The van der Waals surface area contributed by atoms with E-state index in [4.69, 9.17) is 0 Å². The van der Waals surface area contributed by atoms with Crippen LogP contribution in [0, 0.1) is 11.8 Å². The summed E-state index contributed by atoms with van der Waals surface area (Å²) < 4.78 is 0. The predicted molar refractivity (Wildman–Crippen MR) is 89.0 cm³/mol.